The molecule has 30 heavy (non-hydrogen) atoms. The summed E-state index contributed by atoms with van der Waals surface area (Å²) in [6.07, 6.45) is -0.721. The van der Waals surface area contributed by atoms with Crippen molar-refractivity contribution in [1.82, 2.24) is 10.2 Å². The fraction of sp³-hybridized carbons (Fsp3) is 0.350. The molecule has 4 rings (SSSR count). The number of benzene rings is 2. The van der Waals surface area contributed by atoms with Gasteiger partial charge in [-0.25, -0.2) is 13.9 Å². The minimum Gasteiger partial charge on any atom is -0.489 e. The average Bonchev–Trinajstić information content (AvgIpc) is 3.32. The van der Waals surface area contributed by atoms with Crippen LogP contribution in [0.15, 0.2) is 59.5 Å². The molecule has 2 aromatic rings. The third kappa shape index (κ3) is 4.18. The van der Waals surface area contributed by atoms with Crippen LogP contribution in [0.5, 0.6) is 5.75 Å². The summed E-state index contributed by atoms with van der Waals surface area (Å²) < 4.78 is 44.8. The van der Waals surface area contributed by atoms with Crippen molar-refractivity contribution in [3.8, 4) is 5.75 Å². The Morgan fingerprint density at radius 2 is 1.70 bits per heavy atom. The highest BCUT2D eigenvalue weighted by Gasteiger charge is 2.55. The molecule has 1 amide bonds. The molecule has 10 heteroatoms. The number of sulfonamides is 1. The summed E-state index contributed by atoms with van der Waals surface area (Å²) in [6, 6.07) is 15.5. The van der Waals surface area contributed by atoms with E-state index in [2.05, 4.69) is 4.72 Å². The van der Waals surface area contributed by atoms with Gasteiger partial charge in [0, 0.05) is 12.8 Å². The maximum absolute atomic E-state index is 12.9. The van der Waals surface area contributed by atoms with E-state index >= 15 is 0 Å². The van der Waals surface area contributed by atoms with Gasteiger partial charge in [-0.15, -0.1) is 0 Å². The minimum absolute atomic E-state index is 0.0291. The fourth-order valence-corrected chi connectivity index (χ4v) is 5.16. The molecule has 0 bridgehead atoms. The van der Waals surface area contributed by atoms with Crippen molar-refractivity contribution in [1.29, 1.82) is 0 Å². The zero-order valence-electron chi connectivity index (χ0n) is 16.0. The number of hydrogen-bond acceptors (Lipinski definition) is 7. The van der Waals surface area contributed by atoms with E-state index < -0.39 is 33.7 Å². The second-order valence-corrected chi connectivity index (χ2v) is 8.99. The number of hydrogen-bond donors (Lipinski definition) is 3. The zero-order valence-corrected chi connectivity index (χ0v) is 16.8. The Balaban J connectivity index is 1.47. The molecule has 0 unspecified atom stereocenters. The molecule has 1 aliphatic heterocycles. The topological polar surface area (TPSA) is 123 Å². The number of hydroxylamine groups is 1. The Morgan fingerprint density at radius 3 is 2.30 bits per heavy atom. The Labute approximate surface area is 174 Å². The molecule has 0 radical (unpaired) electrons. The lowest BCUT2D eigenvalue weighted by molar-refractivity contribution is -0.136. The molecule has 3 N–H and O–H groups in total. The van der Waals surface area contributed by atoms with Gasteiger partial charge < -0.3 is 14.2 Å². The van der Waals surface area contributed by atoms with E-state index in [1.807, 2.05) is 30.3 Å². The van der Waals surface area contributed by atoms with Gasteiger partial charge >= 0.3 is 0 Å². The van der Waals surface area contributed by atoms with Crippen molar-refractivity contribution in [2.75, 3.05) is 6.79 Å². The van der Waals surface area contributed by atoms with Crippen LogP contribution in [0.2, 0.25) is 0 Å². The molecule has 0 spiro atoms. The molecule has 2 aromatic carbocycles. The minimum atomic E-state index is -4.06. The lowest BCUT2D eigenvalue weighted by atomic mass is 9.98. The second kappa shape index (κ2) is 8.32. The van der Waals surface area contributed by atoms with Crippen LogP contribution in [-0.2, 0) is 30.9 Å². The average molecular weight is 434 g/mol. The summed E-state index contributed by atoms with van der Waals surface area (Å²) in [5.41, 5.74) is 0.982. The number of rotatable bonds is 7. The summed E-state index contributed by atoms with van der Waals surface area (Å²) in [7, 11) is -4.06. The van der Waals surface area contributed by atoms with Crippen molar-refractivity contribution < 1.29 is 32.6 Å². The third-order valence-corrected chi connectivity index (χ3v) is 6.88. The summed E-state index contributed by atoms with van der Waals surface area (Å²) in [5, 5.41) is 9.15. The highest BCUT2D eigenvalue weighted by atomic mass is 32.2. The first-order valence-electron chi connectivity index (χ1n) is 9.40. The van der Waals surface area contributed by atoms with Gasteiger partial charge in [-0.2, -0.15) is 4.72 Å². The van der Waals surface area contributed by atoms with E-state index in [1.54, 1.807) is 17.6 Å². The van der Waals surface area contributed by atoms with Gasteiger partial charge in [0.05, 0.1) is 17.1 Å². The first kappa shape index (κ1) is 20.8. The predicted octanol–water partition coefficient (Wildman–Crippen LogP) is 1.32. The van der Waals surface area contributed by atoms with Crippen molar-refractivity contribution in [2.45, 2.75) is 42.1 Å². The van der Waals surface area contributed by atoms with Gasteiger partial charge in [0.15, 0.2) is 0 Å². The lowest BCUT2D eigenvalue weighted by Crippen LogP contribution is -2.57. The molecule has 3 atom stereocenters. The Kier molecular flexibility index (Phi) is 5.76. The number of ether oxygens (including phenoxy) is 3. The molecule has 2 aliphatic rings. The molecule has 0 aromatic heterocycles. The quantitative estimate of drug-likeness (QED) is 0.444. The van der Waals surface area contributed by atoms with Gasteiger partial charge in [0.25, 0.3) is 5.91 Å². The molecule has 1 saturated carbocycles. The summed E-state index contributed by atoms with van der Waals surface area (Å²) >= 11 is 0. The van der Waals surface area contributed by atoms with E-state index in [9.17, 15) is 13.2 Å². The highest BCUT2D eigenvalue weighted by Crippen LogP contribution is 2.38. The van der Waals surface area contributed by atoms with Gasteiger partial charge in [-0.1, -0.05) is 30.3 Å². The maximum Gasteiger partial charge on any atom is 0.264 e. The van der Waals surface area contributed by atoms with Crippen LogP contribution in [0.25, 0.3) is 0 Å². The van der Waals surface area contributed by atoms with Crippen molar-refractivity contribution in [2.24, 2.45) is 0 Å². The highest BCUT2D eigenvalue weighted by molar-refractivity contribution is 7.89. The molecular formula is C20H22N2O7S. The number of amides is 1. The molecule has 1 aliphatic carbocycles. The van der Waals surface area contributed by atoms with E-state index in [4.69, 9.17) is 19.4 Å². The van der Waals surface area contributed by atoms with Gasteiger partial charge in [0.1, 0.15) is 24.7 Å². The number of nitrogens with one attached hydrogen (secondary N) is 2. The standard InChI is InChI=1S/C20H22N2O7S/c23-19(21-24)20(10-17-18(11-20)29-13-28-17)22-30(25,26)16-8-6-15(7-9-16)27-12-14-4-2-1-3-5-14/h1-9,17-18,22,24H,10-13H2,(H,21,23)/t17-,18+,20-. The van der Waals surface area contributed by atoms with E-state index in [1.165, 1.54) is 12.1 Å². The van der Waals surface area contributed by atoms with Gasteiger partial charge in [0.2, 0.25) is 10.0 Å². The maximum atomic E-state index is 12.9. The first-order chi connectivity index (χ1) is 14.4. The fourth-order valence-electron chi connectivity index (χ4n) is 3.77. The van der Waals surface area contributed by atoms with E-state index in [0.29, 0.717) is 12.4 Å². The predicted molar refractivity (Wildman–Crippen MR) is 104 cm³/mol. The number of fused-ring (bicyclic) bond motifs is 1. The van der Waals surface area contributed by atoms with Gasteiger partial charge in [-0.3, -0.25) is 10.0 Å². The Bertz CT molecular complexity index is 984. The zero-order chi connectivity index (χ0) is 21.2. The van der Waals surface area contributed by atoms with Crippen LogP contribution in [0, 0.1) is 0 Å². The molecular weight excluding hydrogens is 412 g/mol. The van der Waals surface area contributed by atoms with Crippen LogP contribution in [0.3, 0.4) is 0 Å². The molecule has 160 valence electrons. The van der Waals surface area contributed by atoms with Crippen LogP contribution in [0.1, 0.15) is 18.4 Å². The van der Waals surface area contributed by atoms with Crippen molar-refractivity contribution in [3.63, 3.8) is 0 Å². The van der Waals surface area contributed by atoms with Crippen LogP contribution >= 0.6 is 0 Å². The Hall–Kier alpha value is -2.50. The summed E-state index contributed by atoms with van der Waals surface area (Å²) in [5.74, 6) is -0.340. The smallest absolute Gasteiger partial charge is 0.264 e. The Morgan fingerprint density at radius 1 is 1.07 bits per heavy atom. The second-order valence-electron chi connectivity index (χ2n) is 7.31. The monoisotopic (exact) mass is 434 g/mol. The molecule has 2 fully saturated rings. The van der Waals surface area contributed by atoms with Gasteiger partial charge in [-0.05, 0) is 29.8 Å². The first-order valence-corrected chi connectivity index (χ1v) is 10.9. The van der Waals surface area contributed by atoms with Crippen molar-refractivity contribution >= 4 is 15.9 Å². The summed E-state index contributed by atoms with van der Waals surface area (Å²) in [6.45, 7) is 0.455. The van der Waals surface area contributed by atoms with Crippen molar-refractivity contribution in [3.05, 3.63) is 60.2 Å². The number of carbonyl (C=O) groups is 1. The van der Waals surface area contributed by atoms with Crippen LogP contribution in [-0.4, -0.2) is 44.1 Å². The van der Waals surface area contributed by atoms with E-state index in [-0.39, 0.29) is 24.5 Å². The molecule has 1 saturated heterocycles. The normalized spacial score (nSPS) is 25.6. The number of carbonyl (C=O) groups excluding carboxylic acids is 1. The molecule has 9 nitrogen and oxygen atoms in total. The lowest BCUT2D eigenvalue weighted by Gasteiger charge is -2.28. The van der Waals surface area contributed by atoms with Crippen LogP contribution in [0.4, 0.5) is 0 Å². The largest absolute Gasteiger partial charge is 0.489 e. The van der Waals surface area contributed by atoms with E-state index in [0.717, 1.165) is 5.56 Å². The van der Waals surface area contributed by atoms with Crippen LogP contribution < -0.4 is 14.9 Å². The SMILES string of the molecule is O=C(NO)[C@]1(NS(=O)(=O)c2ccc(OCc3ccccc3)cc2)C[C@@H]2OCO[C@@H]2C1. The third-order valence-electron chi connectivity index (χ3n) is 5.33. The summed E-state index contributed by atoms with van der Waals surface area (Å²) in [4.78, 5) is 12.3. The molecule has 1 heterocycles.